The first-order valence-corrected chi connectivity index (χ1v) is 8.83. The fourth-order valence-corrected chi connectivity index (χ4v) is 3.36. The molecule has 1 N–H and O–H groups in total. The van der Waals surface area contributed by atoms with E-state index < -0.39 is 0 Å². The van der Waals surface area contributed by atoms with E-state index in [2.05, 4.69) is 46.7 Å². The summed E-state index contributed by atoms with van der Waals surface area (Å²) >= 11 is 11.9. The summed E-state index contributed by atoms with van der Waals surface area (Å²) in [5.41, 5.74) is 2.80. The minimum absolute atomic E-state index is 0. The van der Waals surface area contributed by atoms with Crippen molar-refractivity contribution in [2.45, 2.75) is 38.3 Å². The smallest absolute Gasteiger partial charge is 0.166 e. The van der Waals surface area contributed by atoms with Gasteiger partial charge in [-0.2, -0.15) is 0 Å². The Morgan fingerprint density at radius 3 is 2.67 bits per heavy atom. The van der Waals surface area contributed by atoms with Gasteiger partial charge in [-0.15, -0.1) is 12.4 Å². The highest BCUT2D eigenvalue weighted by molar-refractivity contribution is 6.40. The molecule has 1 aliphatic rings. The maximum atomic E-state index is 6.07. The third-order valence-electron chi connectivity index (χ3n) is 4.30. The molecule has 0 amide bonds. The summed E-state index contributed by atoms with van der Waals surface area (Å²) in [5, 5.41) is 4.52. The van der Waals surface area contributed by atoms with Crippen LogP contribution in [0.1, 0.15) is 31.2 Å². The molecular weight excluding hydrogens is 365 g/mol. The van der Waals surface area contributed by atoms with Crippen molar-refractivity contribution in [3.63, 3.8) is 0 Å². The maximum absolute atomic E-state index is 6.07. The monoisotopic (exact) mass is 385 g/mol. The van der Waals surface area contributed by atoms with E-state index in [0.717, 1.165) is 32.4 Å². The summed E-state index contributed by atoms with van der Waals surface area (Å²) in [6.45, 7) is 1.82. The van der Waals surface area contributed by atoms with Gasteiger partial charge in [0.25, 0.3) is 0 Å². The molecule has 1 atom stereocenters. The zero-order valence-corrected chi connectivity index (χ0v) is 15.7. The van der Waals surface area contributed by atoms with E-state index in [1.807, 2.05) is 4.57 Å². The Balaban J connectivity index is 0.00000208. The van der Waals surface area contributed by atoms with Crippen molar-refractivity contribution in [3.8, 4) is 0 Å². The van der Waals surface area contributed by atoms with Crippen molar-refractivity contribution in [2.75, 3.05) is 6.54 Å². The SMILES string of the molecule is Cl.Clc1ncn(CCCCC2CC(c3ccccc3)=CCN2)c1Cl. The summed E-state index contributed by atoms with van der Waals surface area (Å²) in [4.78, 5) is 4.00. The van der Waals surface area contributed by atoms with Crippen molar-refractivity contribution in [1.82, 2.24) is 14.9 Å². The molecule has 24 heavy (non-hydrogen) atoms. The van der Waals surface area contributed by atoms with Gasteiger partial charge in [0.2, 0.25) is 0 Å². The Bertz CT molecular complexity index is 667. The molecule has 1 aromatic heterocycles. The lowest BCUT2D eigenvalue weighted by Crippen LogP contribution is -2.32. The molecule has 0 bridgehead atoms. The van der Waals surface area contributed by atoms with Gasteiger partial charge in [-0.05, 0) is 30.4 Å². The number of nitrogens with one attached hydrogen (secondary N) is 1. The van der Waals surface area contributed by atoms with Gasteiger partial charge < -0.3 is 9.88 Å². The second-order valence-corrected chi connectivity index (χ2v) is 6.64. The molecule has 6 heteroatoms. The highest BCUT2D eigenvalue weighted by Gasteiger charge is 2.15. The normalized spacial score (nSPS) is 17.2. The van der Waals surface area contributed by atoms with Gasteiger partial charge in [0.15, 0.2) is 5.15 Å². The minimum atomic E-state index is 0. The lowest BCUT2D eigenvalue weighted by atomic mass is 9.93. The standard InChI is InChI=1S/C18H21Cl2N3.ClH/c19-17-18(20)23(13-22-17)11-5-4-8-16-12-15(9-10-21-16)14-6-2-1-3-7-14;/h1-3,6-7,9,13,16,21H,4-5,8,10-12H2;1H. The predicted molar refractivity (Wildman–Crippen MR) is 104 cm³/mol. The summed E-state index contributed by atoms with van der Waals surface area (Å²) in [5.74, 6) is 0. The van der Waals surface area contributed by atoms with Crippen LogP contribution in [-0.2, 0) is 6.54 Å². The molecule has 0 spiro atoms. The number of benzene rings is 1. The molecule has 3 rings (SSSR count). The lowest BCUT2D eigenvalue weighted by molar-refractivity contribution is 0.464. The van der Waals surface area contributed by atoms with E-state index in [4.69, 9.17) is 23.2 Å². The average Bonchev–Trinajstić information content (AvgIpc) is 2.92. The number of unbranched alkanes of at least 4 members (excludes halogenated alkanes) is 1. The summed E-state index contributed by atoms with van der Waals surface area (Å²) in [6, 6.07) is 11.2. The number of hydrogen-bond donors (Lipinski definition) is 1. The van der Waals surface area contributed by atoms with Gasteiger partial charge in [-0.1, -0.05) is 66.0 Å². The average molecular weight is 387 g/mol. The molecule has 1 aromatic carbocycles. The molecule has 3 nitrogen and oxygen atoms in total. The Morgan fingerprint density at radius 1 is 1.17 bits per heavy atom. The van der Waals surface area contributed by atoms with Crippen LogP contribution in [0.2, 0.25) is 10.3 Å². The number of halogens is 3. The van der Waals surface area contributed by atoms with E-state index in [0.29, 0.717) is 16.3 Å². The lowest BCUT2D eigenvalue weighted by Gasteiger charge is -2.24. The zero-order chi connectivity index (χ0) is 16.1. The third-order valence-corrected chi connectivity index (χ3v) is 5.07. The van der Waals surface area contributed by atoms with Gasteiger partial charge in [0, 0.05) is 19.1 Å². The van der Waals surface area contributed by atoms with Crippen LogP contribution in [0.5, 0.6) is 0 Å². The van der Waals surface area contributed by atoms with Gasteiger partial charge in [0.1, 0.15) is 5.15 Å². The van der Waals surface area contributed by atoms with Crippen LogP contribution in [-0.4, -0.2) is 22.1 Å². The first-order chi connectivity index (χ1) is 11.2. The number of nitrogens with zero attached hydrogens (tertiary/aromatic N) is 2. The highest BCUT2D eigenvalue weighted by Crippen LogP contribution is 2.25. The topological polar surface area (TPSA) is 29.9 Å². The number of hydrogen-bond acceptors (Lipinski definition) is 2. The largest absolute Gasteiger partial charge is 0.320 e. The second-order valence-electron chi connectivity index (χ2n) is 5.92. The quantitative estimate of drug-likeness (QED) is 0.689. The molecule has 2 heterocycles. The number of rotatable bonds is 6. The maximum Gasteiger partial charge on any atom is 0.166 e. The van der Waals surface area contributed by atoms with Crippen molar-refractivity contribution < 1.29 is 0 Å². The molecule has 0 saturated carbocycles. The summed E-state index contributed by atoms with van der Waals surface area (Å²) < 4.78 is 1.91. The van der Waals surface area contributed by atoms with Crippen molar-refractivity contribution in [2.24, 2.45) is 0 Å². The van der Waals surface area contributed by atoms with E-state index in [1.54, 1.807) is 6.33 Å². The third kappa shape index (κ3) is 5.00. The fourth-order valence-electron chi connectivity index (χ4n) is 3.03. The number of aryl methyl sites for hydroxylation is 1. The van der Waals surface area contributed by atoms with Crippen LogP contribution >= 0.6 is 35.6 Å². The Kier molecular flexibility index (Phi) is 7.63. The zero-order valence-electron chi connectivity index (χ0n) is 13.4. The molecule has 2 aromatic rings. The van der Waals surface area contributed by atoms with E-state index >= 15 is 0 Å². The van der Waals surface area contributed by atoms with Crippen LogP contribution in [0.4, 0.5) is 0 Å². The van der Waals surface area contributed by atoms with E-state index in [1.165, 1.54) is 17.6 Å². The van der Waals surface area contributed by atoms with Crippen LogP contribution in [0.3, 0.4) is 0 Å². The van der Waals surface area contributed by atoms with E-state index in [-0.39, 0.29) is 12.4 Å². The Morgan fingerprint density at radius 2 is 1.96 bits per heavy atom. The van der Waals surface area contributed by atoms with Crippen LogP contribution in [0, 0.1) is 0 Å². The van der Waals surface area contributed by atoms with Crippen molar-refractivity contribution in [3.05, 3.63) is 58.6 Å². The van der Waals surface area contributed by atoms with Crippen molar-refractivity contribution >= 4 is 41.2 Å². The van der Waals surface area contributed by atoms with E-state index in [9.17, 15) is 0 Å². The number of imidazole rings is 1. The molecule has 1 aliphatic heterocycles. The van der Waals surface area contributed by atoms with Crippen molar-refractivity contribution in [1.29, 1.82) is 0 Å². The Hall–Kier alpha value is -1.00. The molecule has 0 fully saturated rings. The van der Waals surface area contributed by atoms with Gasteiger partial charge in [-0.25, -0.2) is 4.98 Å². The molecule has 0 aliphatic carbocycles. The number of aromatic nitrogens is 2. The second kappa shape index (κ2) is 9.47. The first-order valence-electron chi connectivity index (χ1n) is 8.08. The summed E-state index contributed by atoms with van der Waals surface area (Å²) in [7, 11) is 0. The Labute approximate surface area is 159 Å². The van der Waals surface area contributed by atoms with Crippen LogP contribution in [0.15, 0.2) is 42.7 Å². The minimum Gasteiger partial charge on any atom is -0.320 e. The molecular formula is C18H22Cl3N3. The van der Waals surface area contributed by atoms with Gasteiger partial charge >= 0.3 is 0 Å². The molecule has 130 valence electrons. The van der Waals surface area contributed by atoms with Crippen LogP contribution in [0.25, 0.3) is 5.57 Å². The first kappa shape index (κ1) is 19.3. The molecule has 0 radical (unpaired) electrons. The summed E-state index contributed by atoms with van der Waals surface area (Å²) in [6.07, 6.45) is 8.52. The van der Waals surface area contributed by atoms with Gasteiger partial charge in [0.05, 0.1) is 6.33 Å². The van der Waals surface area contributed by atoms with Gasteiger partial charge in [-0.3, -0.25) is 0 Å². The predicted octanol–water partition coefficient (Wildman–Crippen LogP) is 5.23. The molecule has 0 saturated heterocycles. The molecule has 1 unspecified atom stereocenters. The highest BCUT2D eigenvalue weighted by atomic mass is 35.5. The fraction of sp³-hybridized carbons (Fsp3) is 0.389. The van der Waals surface area contributed by atoms with Crippen LogP contribution < -0.4 is 5.32 Å².